The largest absolute Gasteiger partial charge is 0.442 e. The molecule has 0 unspecified atom stereocenters. The Kier molecular flexibility index (Phi) is 6.99. The molecular weight excluding hydrogens is 415 g/mol. The quantitative estimate of drug-likeness (QED) is 0.640. The number of nitrogens with zero attached hydrogens (tertiary/aromatic N) is 4. The molecule has 8 nitrogen and oxygen atoms in total. The Balaban J connectivity index is 2.08. The second-order valence-corrected chi connectivity index (χ2v) is 7.93. The van der Waals surface area contributed by atoms with Crippen LogP contribution in [0.3, 0.4) is 0 Å². The van der Waals surface area contributed by atoms with E-state index in [1.165, 1.54) is 25.3 Å². The fraction of sp³-hybridized carbons (Fsp3) is 0.304. The maximum Gasteiger partial charge on any atom is 0.431 e. The fourth-order valence-corrected chi connectivity index (χ4v) is 2.86. The van der Waals surface area contributed by atoms with Gasteiger partial charge in [0, 0.05) is 12.7 Å². The van der Waals surface area contributed by atoms with Crippen LogP contribution in [-0.2, 0) is 14.3 Å². The lowest BCUT2D eigenvalue weighted by molar-refractivity contribution is -0.112. The molecule has 0 aromatic heterocycles. The number of para-hydroxylation sites is 1. The van der Waals surface area contributed by atoms with Crippen molar-refractivity contribution in [3.8, 4) is 0 Å². The molecule has 0 saturated heterocycles. The molecule has 2 aromatic rings. The average Bonchev–Trinajstić information content (AvgIpc) is 3.06. The summed E-state index contributed by atoms with van der Waals surface area (Å²) in [6.07, 6.45) is -0.763. The van der Waals surface area contributed by atoms with Crippen LogP contribution in [0.2, 0.25) is 0 Å². The molecule has 2 aromatic carbocycles. The molecule has 1 aliphatic heterocycles. The van der Waals surface area contributed by atoms with Gasteiger partial charge in [0.05, 0.1) is 18.8 Å². The van der Waals surface area contributed by atoms with E-state index in [2.05, 4.69) is 10.2 Å². The first-order chi connectivity index (χ1) is 15.2. The Bertz CT molecular complexity index is 1050. The van der Waals surface area contributed by atoms with Crippen molar-refractivity contribution >= 4 is 29.1 Å². The van der Waals surface area contributed by atoms with Crippen LogP contribution in [0, 0.1) is 5.82 Å². The molecule has 32 heavy (non-hydrogen) atoms. The summed E-state index contributed by atoms with van der Waals surface area (Å²) in [5, 5.41) is 10.7. The molecule has 0 radical (unpaired) electrons. The van der Waals surface area contributed by atoms with E-state index in [9.17, 15) is 14.0 Å². The van der Waals surface area contributed by atoms with Crippen LogP contribution in [0.4, 0.5) is 14.9 Å². The topological polar surface area (TPSA) is 83.8 Å². The van der Waals surface area contributed by atoms with Crippen molar-refractivity contribution in [3.05, 3.63) is 66.0 Å². The first kappa shape index (κ1) is 23.1. The van der Waals surface area contributed by atoms with Gasteiger partial charge in [-0.2, -0.15) is 20.2 Å². The highest BCUT2D eigenvalue weighted by Crippen LogP contribution is 2.23. The van der Waals surface area contributed by atoms with E-state index >= 15 is 0 Å². The van der Waals surface area contributed by atoms with Gasteiger partial charge < -0.3 is 9.47 Å². The summed E-state index contributed by atoms with van der Waals surface area (Å²) in [6, 6.07) is 14.6. The van der Waals surface area contributed by atoms with Gasteiger partial charge in [-0.15, -0.1) is 0 Å². The van der Waals surface area contributed by atoms with Crippen molar-refractivity contribution in [1.82, 2.24) is 5.01 Å². The molecule has 0 aliphatic carbocycles. The number of benzene rings is 2. The standard InChI is InChI=1S/C23H25FN4O4/c1-23(2,3)32-22(30)27(14-15-31-4)25-20-19(17-12-8-9-13-18(17)24)26-28(21(20)29)16-10-6-5-7-11-16/h5-13H,14-15H2,1-4H3/b25-20-. The number of carbonyl (C=O) groups excluding carboxylic acids is 2. The average molecular weight is 440 g/mol. The number of amides is 2. The third-order valence-corrected chi connectivity index (χ3v) is 4.28. The molecule has 9 heteroatoms. The first-order valence-corrected chi connectivity index (χ1v) is 10.0. The minimum Gasteiger partial charge on any atom is -0.442 e. The third-order valence-electron chi connectivity index (χ3n) is 4.28. The summed E-state index contributed by atoms with van der Waals surface area (Å²) in [5.41, 5.74) is -0.365. The Morgan fingerprint density at radius 1 is 1.12 bits per heavy atom. The molecule has 0 atom stereocenters. The highest BCUT2D eigenvalue weighted by molar-refractivity contribution is 6.74. The lowest BCUT2D eigenvalue weighted by atomic mass is 10.1. The smallest absolute Gasteiger partial charge is 0.431 e. The fourth-order valence-electron chi connectivity index (χ4n) is 2.86. The van der Waals surface area contributed by atoms with Crippen molar-refractivity contribution in [2.45, 2.75) is 26.4 Å². The predicted molar refractivity (Wildman–Crippen MR) is 119 cm³/mol. The minimum atomic E-state index is -0.777. The number of hydrogen-bond acceptors (Lipinski definition) is 6. The van der Waals surface area contributed by atoms with Crippen LogP contribution in [0.1, 0.15) is 26.3 Å². The molecule has 0 fully saturated rings. The summed E-state index contributed by atoms with van der Waals surface area (Å²) >= 11 is 0. The minimum absolute atomic E-state index is 0.0166. The maximum atomic E-state index is 14.6. The number of hydrogen-bond donors (Lipinski definition) is 0. The number of ether oxygens (including phenoxy) is 2. The second kappa shape index (κ2) is 9.69. The maximum absolute atomic E-state index is 14.6. The number of methoxy groups -OCH3 is 1. The SMILES string of the molecule is COCCN(/N=C1\C(=O)N(c2ccccc2)N=C1c1ccccc1F)C(=O)OC(C)(C)C. The van der Waals surface area contributed by atoms with Gasteiger partial charge in [-0.3, -0.25) is 4.79 Å². The number of halogens is 1. The Morgan fingerprint density at radius 3 is 2.41 bits per heavy atom. The van der Waals surface area contributed by atoms with Gasteiger partial charge in [0.25, 0.3) is 0 Å². The van der Waals surface area contributed by atoms with Crippen molar-refractivity contribution in [2.24, 2.45) is 10.2 Å². The van der Waals surface area contributed by atoms with Crippen LogP contribution >= 0.6 is 0 Å². The number of carbonyl (C=O) groups is 2. The van der Waals surface area contributed by atoms with Gasteiger partial charge in [-0.1, -0.05) is 30.3 Å². The zero-order chi connectivity index (χ0) is 23.3. The summed E-state index contributed by atoms with van der Waals surface area (Å²) in [7, 11) is 1.48. The molecule has 1 heterocycles. The molecule has 168 valence electrons. The monoisotopic (exact) mass is 440 g/mol. The third kappa shape index (κ3) is 5.36. The van der Waals surface area contributed by atoms with Gasteiger partial charge in [0.2, 0.25) is 0 Å². The first-order valence-electron chi connectivity index (χ1n) is 10.0. The van der Waals surface area contributed by atoms with Crippen molar-refractivity contribution < 1.29 is 23.5 Å². The number of anilines is 1. The molecule has 0 saturated carbocycles. The van der Waals surface area contributed by atoms with Gasteiger partial charge in [-0.25, -0.2) is 9.18 Å². The van der Waals surface area contributed by atoms with Crippen molar-refractivity contribution in [2.75, 3.05) is 25.3 Å². The molecule has 0 spiro atoms. The lowest BCUT2D eigenvalue weighted by Crippen LogP contribution is -2.38. The van der Waals surface area contributed by atoms with Crippen LogP contribution < -0.4 is 5.01 Å². The van der Waals surface area contributed by atoms with Crippen LogP contribution in [0.5, 0.6) is 0 Å². The normalized spacial score (nSPS) is 15.2. The highest BCUT2D eigenvalue weighted by atomic mass is 19.1. The molecule has 2 amide bonds. The zero-order valence-corrected chi connectivity index (χ0v) is 18.4. The zero-order valence-electron chi connectivity index (χ0n) is 18.4. The number of rotatable bonds is 6. The van der Waals surface area contributed by atoms with E-state index < -0.39 is 23.4 Å². The Labute approximate surface area is 185 Å². The van der Waals surface area contributed by atoms with Crippen molar-refractivity contribution in [1.29, 1.82) is 0 Å². The van der Waals surface area contributed by atoms with E-state index in [1.807, 2.05) is 0 Å². The Morgan fingerprint density at radius 2 is 1.78 bits per heavy atom. The van der Waals surface area contributed by atoms with Gasteiger partial charge in [0.1, 0.15) is 17.1 Å². The molecule has 0 bridgehead atoms. The molecule has 0 N–H and O–H groups in total. The lowest BCUT2D eigenvalue weighted by Gasteiger charge is -2.24. The van der Waals surface area contributed by atoms with E-state index in [-0.39, 0.29) is 30.1 Å². The Hall–Kier alpha value is -3.59. The molecule has 1 aliphatic rings. The second-order valence-electron chi connectivity index (χ2n) is 7.93. The van der Waals surface area contributed by atoms with Crippen LogP contribution in [-0.4, -0.2) is 54.3 Å². The van der Waals surface area contributed by atoms with Gasteiger partial charge in [-0.05, 0) is 45.0 Å². The van der Waals surface area contributed by atoms with E-state index in [4.69, 9.17) is 9.47 Å². The summed E-state index contributed by atoms with van der Waals surface area (Å²) in [6.45, 7) is 5.33. The predicted octanol–water partition coefficient (Wildman–Crippen LogP) is 3.82. The van der Waals surface area contributed by atoms with Gasteiger partial charge in [0.15, 0.2) is 5.71 Å². The van der Waals surface area contributed by atoms with Crippen LogP contribution in [0.25, 0.3) is 0 Å². The molecular formula is C23H25FN4O4. The summed E-state index contributed by atoms with van der Waals surface area (Å²) in [4.78, 5) is 26.0. The number of hydrazone groups is 2. The van der Waals surface area contributed by atoms with Gasteiger partial charge >= 0.3 is 12.0 Å². The van der Waals surface area contributed by atoms with Crippen LogP contribution in [0.15, 0.2) is 64.8 Å². The van der Waals surface area contributed by atoms with E-state index in [0.29, 0.717) is 5.69 Å². The highest BCUT2D eigenvalue weighted by Gasteiger charge is 2.36. The van der Waals surface area contributed by atoms with E-state index in [1.54, 1.807) is 57.2 Å². The summed E-state index contributed by atoms with van der Waals surface area (Å²) < 4.78 is 25.1. The van der Waals surface area contributed by atoms with Crippen molar-refractivity contribution in [3.63, 3.8) is 0 Å². The summed E-state index contributed by atoms with van der Waals surface area (Å²) in [5.74, 6) is -1.16. The molecule has 3 rings (SSSR count). The van der Waals surface area contributed by atoms with E-state index in [0.717, 1.165) is 10.0 Å².